The van der Waals surface area contributed by atoms with Gasteiger partial charge < -0.3 is 15.3 Å². The summed E-state index contributed by atoms with van der Waals surface area (Å²) >= 11 is 0. The van der Waals surface area contributed by atoms with Crippen LogP contribution in [0, 0.1) is 0 Å². The van der Waals surface area contributed by atoms with Crippen LogP contribution in [0.5, 0.6) is 0 Å². The van der Waals surface area contributed by atoms with Gasteiger partial charge in [-0.05, 0) is 12.8 Å². The zero-order chi connectivity index (χ0) is 13.9. The molecule has 0 aromatic carbocycles. The van der Waals surface area contributed by atoms with Crippen LogP contribution >= 0.6 is 0 Å². The minimum atomic E-state index is -0.107. The quantitative estimate of drug-likeness (QED) is 0.800. The van der Waals surface area contributed by atoms with Gasteiger partial charge in [0.25, 0.3) is 5.91 Å². The Hall–Kier alpha value is -1.47. The Morgan fingerprint density at radius 2 is 2.25 bits per heavy atom. The van der Waals surface area contributed by atoms with Gasteiger partial charge in [0, 0.05) is 19.6 Å². The second kappa shape index (κ2) is 5.88. The van der Waals surface area contributed by atoms with Gasteiger partial charge >= 0.3 is 0 Å². The molecular formula is C13H21N5O2. The van der Waals surface area contributed by atoms with E-state index in [0.717, 1.165) is 38.8 Å². The number of aliphatic hydroxyl groups is 1. The highest BCUT2D eigenvalue weighted by atomic mass is 16.3. The van der Waals surface area contributed by atoms with Gasteiger partial charge in [-0.3, -0.25) is 4.79 Å². The van der Waals surface area contributed by atoms with Crippen LogP contribution in [0.25, 0.3) is 0 Å². The van der Waals surface area contributed by atoms with Gasteiger partial charge in [0.15, 0.2) is 5.69 Å². The number of rotatable bonds is 3. The van der Waals surface area contributed by atoms with Crippen molar-refractivity contribution in [3.63, 3.8) is 0 Å². The molecule has 3 rings (SSSR count). The molecule has 20 heavy (non-hydrogen) atoms. The van der Waals surface area contributed by atoms with E-state index in [1.807, 2.05) is 0 Å². The molecule has 0 spiro atoms. The fourth-order valence-electron chi connectivity index (χ4n) is 2.80. The van der Waals surface area contributed by atoms with Crippen LogP contribution in [0.1, 0.15) is 42.2 Å². The van der Waals surface area contributed by atoms with Gasteiger partial charge in [0.1, 0.15) is 0 Å². The number of amides is 1. The summed E-state index contributed by atoms with van der Waals surface area (Å²) in [5.41, 5.74) is 0.386. The van der Waals surface area contributed by atoms with Crippen LogP contribution in [0.2, 0.25) is 0 Å². The second-order valence-corrected chi connectivity index (χ2v) is 5.58. The van der Waals surface area contributed by atoms with Crippen LogP contribution in [0.3, 0.4) is 0 Å². The minimum Gasteiger partial charge on any atom is -0.394 e. The van der Waals surface area contributed by atoms with Gasteiger partial charge in [-0.15, -0.1) is 5.10 Å². The summed E-state index contributed by atoms with van der Waals surface area (Å²) in [7, 11) is 0. The lowest BCUT2D eigenvalue weighted by atomic mass is 10.1. The van der Waals surface area contributed by atoms with E-state index in [1.54, 1.807) is 15.8 Å². The Morgan fingerprint density at radius 3 is 2.95 bits per heavy atom. The van der Waals surface area contributed by atoms with E-state index in [-0.39, 0.29) is 18.6 Å². The molecule has 7 nitrogen and oxygen atoms in total. The van der Waals surface area contributed by atoms with E-state index >= 15 is 0 Å². The molecule has 1 atom stereocenters. The SMILES string of the molecule is O=C(c1cn(C2CNC2)nn1)N1CCCCCC1CO. The van der Waals surface area contributed by atoms with Gasteiger partial charge in [0.2, 0.25) is 0 Å². The number of aromatic nitrogens is 3. The molecule has 0 radical (unpaired) electrons. The topological polar surface area (TPSA) is 83.3 Å². The molecular weight excluding hydrogens is 258 g/mol. The maximum Gasteiger partial charge on any atom is 0.276 e. The predicted molar refractivity (Wildman–Crippen MR) is 72.3 cm³/mol. The molecule has 1 unspecified atom stereocenters. The summed E-state index contributed by atoms with van der Waals surface area (Å²) in [5.74, 6) is -0.107. The summed E-state index contributed by atoms with van der Waals surface area (Å²) < 4.78 is 1.76. The number of nitrogens with one attached hydrogen (secondary N) is 1. The van der Waals surface area contributed by atoms with Crippen molar-refractivity contribution in [3.8, 4) is 0 Å². The monoisotopic (exact) mass is 279 g/mol. The zero-order valence-corrected chi connectivity index (χ0v) is 11.5. The van der Waals surface area contributed by atoms with Crippen molar-refractivity contribution in [2.75, 3.05) is 26.2 Å². The molecule has 0 saturated carbocycles. The zero-order valence-electron chi connectivity index (χ0n) is 11.5. The Kier molecular flexibility index (Phi) is 3.98. The largest absolute Gasteiger partial charge is 0.394 e. The summed E-state index contributed by atoms with van der Waals surface area (Å²) in [5, 5.41) is 20.7. The second-order valence-electron chi connectivity index (χ2n) is 5.58. The third-order valence-corrected chi connectivity index (χ3v) is 4.21. The Labute approximate surface area is 117 Å². The number of hydrogen-bond donors (Lipinski definition) is 2. The number of aliphatic hydroxyl groups excluding tert-OH is 1. The summed E-state index contributed by atoms with van der Waals surface area (Å²) in [4.78, 5) is 14.3. The molecule has 7 heteroatoms. The van der Waals surface area contributed by atoms with E-state index in [9.17, 15) is 9.90 Å². The van der Waals surface area contributed by atoms with Crippen molar-refractivity contribution in [3.05, 3.63) is 11.9 Å². The Balaban J connectivity index is 1.74. The van der Waals surface area contributed by atoms with Crippen LogP contribution < -0.4 is 5.32 Å². The first kappa shape index (κ1) is 13.5. The molecule has 110 valence electrons. The van der Waals surface area contributed by atoms with Crippen molar-refractivity contribution in [1.29, 1.82) is 0 Å². The third kappa shape index (κ3) is 2.55. The van der Waals surface area contributed by atoms with Crippen LogP contribution in [-0.2, 0) is 0 Å². The van der Waals surface area contributed by atoms with Crippen molar-refractivity contribution in [1.82, 2.24) is 25.2 Å². The normalized spacial score (nSPS) is 24.2. The van der Waals surface area contributed by atoms with Gasteiger partial charge in [-0.2, -0.15) is 0 Å². The molecule has 2 aliphatic rings. The average Bonchev–Trinajstić information content (AvgIpc) is 2.73. The molecule has 3 heterocycles. The fraction of sp³-hybridized carbons (Fsp3) is 0.769. The number of carbonyl (C=O) groups is 1. The van der Waals surface area contributed by atoms with E-state index in [2.05, 4.69) is 15.6 Å². The fourth-order valence-corrected chi connectivity index (χ4v) is 2.80. The lowest BCUT2D eigenvalue weighted by Crippen LogP contribution is -2.43. The minimum absolute atomic E-state index is 0.0203. The van der Waals surface area contributed by atoms with E-state index in [1.165, 1.54) is 0 Å². The first-order chi connectivity index (χ1) is 9.79. The molecule has 0 bridgehead atoms. The maximum atomic E-state index is 12.5. The average molecular weight is 279 g/mol. The number of hydrogen-bond acceptors (Lipinski definition) is 5. The lowest BCUT2D eigenvalue weighted by Gasteiger charge is -2.28. The lowest BCUT2D eigenvalue weighted by molar-refractivity contribution is 0.0594. The summed E-state index contributed by atoms with van der Waals surface area (Å²) in [6.45, 7) is 2.47. The first-order valence-corrected chi connectivity index (χ1v) is 7.34. The molecule has 1 amide bonds. The Morgan fingerprint density at radius 1 is 1.40 bits per heavy atom. The van der Waals surface area contributed by atoms with E-state index in [4.69, 9.17) is 0 Å². The summed E-state index contributed by atoms with van der Waals surface area (Å²) in [6.07, 6.45) is 5.76. The van der Waals surface area contributed by atoms with Crippen LogP contribution in [0.4, 0.5) is 0 Å². The predicted octanol–water partition coefficient (Wildman–Crippen LogP) is -0.200. The molecule has 2 saturated heterocycles. The molecule has 0 aliphatic carbocycles. The van der Waals surface area contributed by atoms with Crippen molar-refractivity contribution in [2.45, 2.75) is 37.8 Å². The van der Waals surface area contributed by atoms with E-state index in [0.29, 0.717) is 18.3 Å². The molecule has 2 N–H and O–H groups in total. The van der Waals surface area contributed by atoms with Gasteiger partial charge in [-0.1, -0.05) is 18.1 Å². The standard InChI is InChI=1S/C13H21N5O2/c19-9-10-4-2-1-3-5-17(10)13(20)12-8-18(16-15-12)11-6-14-7-11/h8,10-11,14,19H,1-7,9H2. The third-order valence-electron chi connectivity index (χ3n) is 4.21. The van der Waals surface area contributed by atoms with Crippen LogP contribution in [-0.4, -0.2) is 63.2 Å². The number of nitrogens with zero attached hydrogens (tertiary/aromatic N) is 4. The highest BCUT2D eigenvalue weighted by molar-refractivity contribution is 5.92. The maximum absolute atomic E-state index is 12.5. The highest BCUT2D eigenvalue weighted by Gasteiger charge is 2.28. The molecule has 1 aromatic heterocycles. The molecule has 1 aromatic rings. The van der Waals surface area contributed by atoms with Crippen LogP contribution in [0.15, 0.2) is 6.20 Å². The van der Waals surface area contributed by atoms with Crippen molar-refractivity contribution in [2.24, 2.45) is 0 Å². The van der Waals surface area contributed by atoms with E-state index < -0.39 is 0 Å². The Bertz CT molecular complexity index is 471. The molecule has 2 fully saturated rings. The highest BCUT2D eigenvalue weighted by Crippen LogP contribution is 2.19. The van der Waals surface area contributed by atoms with Gasteiger partial charge in [-0.25, -0.2) is 4.68 Å². The summed E-state index contributed by atoms with van der Waals surface area (Å²) in [6, 6.07) is 0.224. The number of carbonyl (C=O) groups excluding carboxylic acids is 1. The van der Waals surface area contributed by atoms with Crippen molar-refractivity contribution < 1.29 is 9.90 Å². The number of likely N-dealkylation sites (tertiary alicyclic amines) is 1. The molecule has 2 aliphatic heterocycles. The van der Waals surface area contributed by atoms with Gasteiger partial charge in [0.05, 0.1) is 24.9 Å². The first-order valence-electron chi connectivity index (χ1n) is 7.34. The smallest absolute Gasteiger partial charge is 0.276 e. The van der Waals surface area contributed by atoms with Crippen molar-refractivity contribution >= 4 is 5.91 Å².